The lowest BCUT2D eigenvalue weighted by Crippen LogP contribution is -2.39. The van der Waals surface area contributed by atoms with E-state index in [0.29, 0.717) is 30.9 Å². The van der Waals surface area contributed by atoms with Crippen molar-refractivity contribution in [3.8, 4) is 11.5 Å². The Morgan fingerprint density at radius 2 is 2.09 bits per heavy atom. The van der Waals surface area contributed by atoms with Gasteiger partial charge in [0.1, 0.15) is 6.54 Å². The molecule has 6 heteroatoms. The molecule has 0 radical (unpaired) electrons. The molecule has 0 atom stereocenters. The Morgan fingerprint density at radius 1 is 1.35 bits per heavy atom. The number of hydrogen-bond acceptors (Lipinski definition) is 4. The summed E-state index contributed by atoms with van der Waals surface area (Å²) in [6, 6.07) is 5.42. The van der Waals surface area contributed by atoms with Crippen molar-refractivity contribution < 1.29 is 24.2 Å². The number of nitrogens with zero attached hydrogens (tertiary/aromatic N) is 1. The topological polar surface area (TPSA) is 76.1 Å². The van der Waals surface area contributed by atoms with Crippen LogP contribution in [0.4, 0.5) is 0 Å². The average Bonchev–Trinajstić information content (AvgIpc) is 2.52. The molecule has 1 aromatic carbocycles. The molecule has 1 amide bonds. The molecule has 0 aliphatic carbocycles. The molecule has 0 aromatic heterocycles. The summed E-state index contributed by atoms with van der Waals surface area (Å²) in [6.07, 6.45) is 3.17. The number of aliphatic carboxylic acids is 1. The van der Waals surface area contributed by atoms with Crippen LogP contribution in [0.3, 0.4) is 0 Å². The van der Waals surface area contributed by atoms with Crippen molar-refractivity contribution in [3.63, 3.8) is 0 Å². The molecule has 126 valence electrons. The van der Waals surface area contributed by atoms with E-state index in [9.17, 15) is 9.59 Å². The average molecular weight is 321 g/mol. The molecule has 0 heterocycles. The van der Waals surface area contributed by atoms with Gasteiger partial charge in [0.2, 0.25) is 0 Å². The predicted octanol–water partition coefficient (Wildman–Crippen LogP) is 2.13. The normalized spacial score (nSPS) is 10.0. The van der Waals surface area contributed by atoms with E-state index >= 15 is 0 Å². The third-order valence-electron chi connectivity index (χ3n) is 3.13. The highest BCUT2D eigenvalue weighted by Gasteiger charge is 2.17. The van der Waals surface area contributed by atoms with Gasteiger partial charge in [-0.15, -0.1) is 6.58 Å². The van der Waals surface area contributed by atoms with Gasteiger partial charge in [-0.25, -0.2) is 0 Å². The van der Waals surface area contributed by atoms with Crippen LogP contribution in [0.1, 0.15) is 18.9 Å². The minimum atomic E-state index is -1.04. The third kappa shape index (κ3) is 6.02. The molecule has 0 unspecified atom stereocenters. The standard InChI is InChI=1S/C17H23NO5/c1-4-6-13-7-8-14(15(10-13)22-3)23-12-16(19)18(9-5-2)11-17(20)21/h4,7-8,10H,1,5-6,9,11-12H2,2-3H3,(H,20,21). The SMILES string of the molecule is C=CCc1ccc(OCC(=O)N(CCC)CC(=O)O)c(OC)c1. The molecule has 1 N–H and O–H groups in total. The van der Waals surface area contributed by atoms with Gasteiger partial charge in [0.15, 0.2) is 18.1 Å². The van der Waals surface area contributed by atoms with Crippen LogP contribution in [0.2, 0.25) is 0 Å². The third-order valence-corrected chi connectivity index (χ3v) is 3.13. The predicted molar refractivity (Wildman–Crippen MR) is 86.9 cm³/mol. The second-order valence-corrected chi connectivity index (χ2v) is 4.98. The van der Waals surface area contributed by atoms with Crippen LogP contribution < -0.4 is 9.47 Å². The van der Waals surface area contributed by atoms with Crippen LogP contribution >= 0.6 is 0 Å². The number of carbonyl (C=O) groups is 2. The van der Waals surface area contributed by atoms with Crippen LogP contribution in [0.25, 0.3) is 0 Å². The second-order valence-electron chi connectivity index (χ2n) is 4.98. The van der Waals surface area contributed by atoms with Gasteiger partial charge in [0.25, 0.3) is 5.91 Å². The van der Waals surface area contributed by atoms with E-state index < -0.39 is 5.97 Å². The molecule has 1 aromatic rings. The molecule has 6 nitrogen and oxygen atoms in total. The van der Waals surface area contributed by atoms with Gasteiger partial charge in [0, 0.05) is 6.54 Å². The lowest BCUT2D eigenvalue weighted by molar-refractivity contribution is -0.145. The zero-order valence-corrected chi connectivity index (χ0v) is 13.6. The van der Waals surface area contributed by atoms with Gasteiger partial charge >= 0.3 is 5.97 Å². The number of carboxylic acids is 1. The maximum Gasteiger partial charge on any atom is 0.323 e. The van der Waals surface area contributed by atoms with Crippen LogP contribution in [0.5, 0.6) is 11.5 Å². The first-order chi connectivity index (χ1) is 11.0. The summed E-state index contributed by atoms with van der Waals surface area (Å²) in [5, 5.41) is 8.85. The van der Waals surface area contributed by atoms with E-state index in [1.54, 1.807) is 12.1 Å². The molecule has 0 aliphatic rings. The zero-order valence-electron chi connectivity index (χ0n) is 13.6. The van der Waals surface area contributed by atoms with Crippen molar-refractivity contribution in [3.05, 3.63) is 36.4 Å². The van der Waals surface area contributed by atoms with Crippen LogP contribution in [0, 0.1) is 0 Å². The molecule has 1 rings (SSSR count). The van der Waals surface area contributed by atoms with Gasteiger partial charge in [-0.1, -0.05) is 19.1 Å². The number of allylic oxidation sites excluding steroid dienone is 1. The van der Waals surface area contributed by atoms with Crippen LogP contribution in [0.15, 0.2) is 30.9 Å². The second kappa shape index (κ2) is 9.50. The summed E-state index contributed by atoms with van der Waals surface area (Å²) in [5.74, 6) is -0.442. The first-order valence-electron chi connectivity index (χ1n) is 7.42. The Balaban J connectivity index is 2.73. The highest BCUT2D eigenvalue weighted by atomic mass is 16.5. The van der Waals surface area contributed by atoms with Gasteiger partial charge in [0.05, 0.1) is 7.11 Å². The summed E-state index contributed by atoms with van der Waals surface area (Å²) < 4.78 is 10.8. The van der Waals surface area contributed by atoms with Crippen molar-refractivity contribution in [1.82, 2.24) is 4.90 Å². The Morgan fingerprint density at radius 3 is 2.65 bits per heavy atom. The highest BCUT2D eigenvalue weighted by molar-refractivity contribution is 5.82. The quantitative estimate of drug-likeness (QED) is 0.668. The number of hydrogen-bond donors (Lipinski definition) is 1. The van der Waals surface area contributed by atoms with E-state index in [0.717, 1.165) is 5.56 Å². The largest absolute Gasteiger partial charge is 0.493 e. The minimum absolute atomic E-state index is 0.232. The summed E-state index contributed by atoms with van der Waals surface area (Å²) >= 11 is 0. The van der Waals surface area contributed by atoms with Crippen molar-refractivity contribution in [2.45, 2.75) is 19.8 Å². The number of ether oxygens (including phenoxy) is 2. The maximum atomic E-state index is 12.1. The lowest BCUT2D eigenvalue weighted by atomic mass is 10.1. The first kappa shape index (κ1) is 18.5. The monoisotopic (exact) mass is 321 g/mol. The smallest absolute Gasteiger partial charge is 0.323 e. The molecule has 0 fully saturated rings. The van der Waals surface area contributed by atoms with Crippen molar-refractivity contribution in [2.24, 2.45) is 0 Å². The van der Waals surface area contributed by atoms with E-state index in [-0.39, 0.29) is 19.1 Å². The summed E-state index contributed by atoms with van der Waals surface area (Å²) in [6.45, 7) is 5.38. The fraction of sp³-hybridized carbons (Fsp3) is 0.412. The van der Waals surface area contributed by atoms with Gasteiger partial charge in [-0.05, 0) is 30.5 Å². The molecule has 0 saturated carbocycles. The number of methoxy groups -OCH3 is 1. The molecule has 0 spiro atoms. The minimum Gasteiger partial charge on any atom is -0.493 e. The van der Waals surface area contributed by atoms with Crippen LogP contribution in [-0.4, -0.2) is 48.7 Å². The van der Waals surface area contributed by atoms with Gasteiger partial charge in [-0.3, -0.25) is 9.59 Å². The summed E-state index contributed by atoms with van der Waals surface area (Å²) in [4.78, 5) is 24.2. The molecular weight excluding hydrogens is 298 g/mol. The highest BCUT2D eigenvalue weighted by Crippen LogP contribution is 2.28. The van der Waals surface area contributed by atoms with Gasteiger partial charge in [-0.2, -0.15) is 0 Å². The first-order valence-corrected chi connectivity index (χ1v) is 7.42. The maximum absolute atomic E-state index is 12.1. The number of carbonyl (C=O) groups excluding carboxylic acids is 1. The number of amides is 1. The van der Waals surface area contributed by atoms with Crippen molar-refractivity contribution in [2.75, 3.05) is 26.8 Å². The Labute approximate surface area is 136 Å². The molecule has 23 heavy (non-hydrogen) atoms. The van der Waals surface area contributed by atoms with E-state index in [4.69, 9.17) is 14.6 Å². The van der Waals surface area contributed by atoms with E-state index in [1.807, 2.05) is 19.1 Å². The van der Waals surface area contributed by atoms with Crippen LogP contribution in [-0.2, 0) is 16.0 Å². The van der Waals surface area contributed by atoms with Crippen molar-refractivity contribution in [1.29, 1.82) is 0 Å². The number of benzene rings is 1. The molecule has 0 saturated heterocycles. The molecular formula is C17H23NO5. The number of rotatable bonds is 10. The van der Waals surface area contributed by atoms with E-state index in [2.05, 4.69) is 6.58 Å². The summed E-state index contributed by atoms with van der Waals surface area (Å²) in [7, 11) is 1.52. The Hall–Kier alpha value is -2.50. The lowest BCUT2D eigenvalue weighted by Gasteiger charge is -2.20. The fourth-order valence-corrected chi connectivity index (χ4v) is 2.08. The zero-order chi connectivity index (χ0) is 17.2. The fourth-order valence-electron chi connectivity index (χ4n) is 2.08. The molecule has 0 aliphatic heterocycles. The van der Waals surface area contributed by atoms with Crippen molar-refractivity contribution >= 4 is 11.9 Å². The molecule has 0 bridgehead atoms. The Bertz CT molecular complexity index is 556. The van der Waals surface area contributed by atoms with E-state index in [1.165, 1.54) is 12.0 Å². The number of carboxylic acid groups (broad SMARTS) is 1. The van der Waals surface area contributed by atoms with Gasteiger partial charge < -0.3 is 19.5 Å². The Kier molecular flexibility index (Phi) is 7.66. The summed E-state index contributed by atoms with van der Waals surface area (Å²) in [5.41, 5.74) is 1.02.